The maximum absolute atomic E-state index is 12.7. The molecule has 1 N–H and O–H groups in total. The number of anilines is 1. The van der Waals surface area contributed by atoms with Crippen molar-refractivity contribution in [3.63, 3.8) is 0 Å². The lowest BCUT2D eigenvalue weighted by molar-refractivity contribution is -0.116. The van der Waals surface area contributed by atoms with Crippen molar-refractivity contribution in [2.75, 3.05) is 5.32 Å². The lowest BCUT2D eigenvalue weighted by atomic mass is 10.0. The van der Waals surface area contributed by atoms with Gasteiger partial charge < -0.3 is 9.88 Å². The Bertz CT molecular complexity index is 1100. The molecular weight excluding hydrogens is 360 g/mol. The largest absolute Gasteiger partial charge is 0.326 e. The Labute approximate surface area is 172 Å². The Kier molecular flexibility index (Phi) is 6.21. The van der Waals surface area contributed by atoms with Crippen LogP contribution in [0.1, 0.15) is 48.1 Å². The van der Waals surface area contributed by atoms with Gasteiger partial charge in [-0.15, -0.1) is 0 Å². The molecule has 29 heavy (non-hydrogen) atoms. The van der Waals surface area contributed by atoms with E-state index in [1.54, 1.807) is 10.6 Å². The van der Waals surface area contributed by atoms with Crippen LogP contribution in [0, 0.1) is 20.8 Å². The molecule has 0 saturated heterocycles. The molecule has 0 aliphatic rings. The van der Waals surface area contributed by atoms with Crippen LogP contribution >= 0.6 is 0 Å². The second kappa shape index (κ2) is 8.64. The third-order valence-corrected chi connectivity index (χ3v) is 5.57. The average molecular weight is 391 g/mol. The predicted octanol–water partition coefficient (Wildman–Crippen LogP) is 5.08. The van der Waals surface area contributed by atoms with E-state index < -0.39 is 0 Å². The first-order valence-corrected chi connectivity index (χ1v) is 10.4. The quantitative estimate of drug-likeness (QED) is 0.638. The Morgan fingerprint density at radius 1 is 0.966 bits per heavy atom. The first-order valence-electron chi connectivity index (χ1n) is 10.4. The Balaban J connectivity index is 1.89. The van der Waals surface area contributed by atoms with Gasteiger partial charge in [0.2, 0.25) is 5.91 Å². The van der Waals surface area contributed by atoms with Crippen LogP contribution in [-0.4, -0.2) is 10.5 Å². The summed E-state index contributed by atoms with van der Waals surface area (Å²) in [7, 11) is 0. The Morgan fingerprint density at radius 2 is 1.62 bits per heavy atom. The van der Waals surface area contributed by atoms with Gasteiger partial charge in [-0.25, -0.2) is 0 Å². The van der Waals surface area contributed by atoms with Crippen molar-refractivity contribution in [2.24, 2.45) is 0 Å². The molecule has 1 heterocycles. The van der Waals surface area contributed by atoms with Gasteiger partial charge in [0.05, 0.1) is 5.52 Å². The van der Waals surface area contributed by atoms with Gasteiger partial charge in [0.1, 0.15) is 0 Å². The lowest BCUT2D eigenvalue weighted by Crippen LogP contribution is -2.24. The van der Waals surface area contributed by atoms with Gasteiger partial charge in [0.25, 0.3) is 5.56 Å². The van der Waals surface area contributed by atoms with E-state index in [1.807, 2.05) is 19.9 Å². The predicted molar refractivity (Wildman–Crippen MR) is 121 cm³/mol. The number of hydrogen-bond donors (Lipinski definition) is 1. The molecular formula is C25H30N2O2. The summed E-state index contributed by atoms with van der Waals surface area (Å²) < 4.78 is 1.74. The van der Waals surface area contributed by atoms with Crippen LogP contribution in [0.4, 0.5) is 5.69 Å². The summed E-state index contributed by atoms with van der Waals surface area (Å²) in [6, 6.07) is 12.0. The van der Waals surface area contributed by atoms with Gasteiger partial charge >= 0.3 is 0 Å². The van der Waals surface area contributed by atoms with E-state index in [0.29, 0.717) is 6.54 Å². The van der Waals surface area contributed by atoms with Gasteiger partial charge in [-0.1, -0.05) is 43.7 Å². The van der Waals surface area contributed by atoms with Gasteiger partial charge in [-0.3, -0.25) is 9.59 Å². The highest BCUT2D eigenvalue weighted by molar-refractivity contribution is 5.92. The van der Waals surface area contributed by atoms with Crippen molar-refractivity contribution in [1.29, 1.82) is 0 Å². The molecule has 4 heteroatoms. The second-order valence-corrected chi connectivity index (χ2v) is 7.75. The number of carbonyl (C=O) groups excluding carboxylic acids is 1. The first kappa shape index (κ1) is 20.8. The Morgan fingerprint density at radius 3 is 2.24 bits per heavy atom. The van der Waals surface area contributed by atoms with E-state index in [1.165, 1.54) is 5.56 Å². The fraction of sp³-hybridized carbons (Fsp3) is 0.360. The van der Waals surface area contributed by atoms with Crippen molar-refractivity contribution in [3.8, 4) is 0 Å². The zero-order chi connectivity index (χ0) is 21.1. The number of benzene rings is 2. The van der Waals surface area contributed by atoms with E-state index in [0.717, 1.165) is 51.7 Å². The minimum Gasteiger partial charge on any atom is -0.326 e. The summed E-state index contributed by atoms with van der Waals surface area (Å²) in [5, 5.41) is 4.18. The summed E-state index contributed by atoms with van der Waals surface area (Å²) in [6.45, 7) is 10.6. The maximum Gasteiger partial charge on any atom is 0.251 e. The van der Waals surface area contributed by atoms with Crippen LogP contribution in [0.25, 0.3) is 10.9 Å². The molecule has 152 valence electrons. The van der Waals surface area contributed by atoms with Gasteiger partial charge in [-0.05, 0) is 61.9 Å². The number of aryl methyl sites for hydroxylation is 6. The fourth-order valence-electron chi connectivity index (χ4n) is 4.11. The van der Waals surface area contributed by atoms with Crippen LogP contribution in [0.2, 0.25) is 0 Å². The average Bonchev–Trinajstić information content (AvgIpc) is 2.68. The van der Waals surface area contributed by atoms with Crippen molar-refractivity contribution >= 4 is 22.5 Å². The zero-order valence-corrected chi connectivity index (χ0v) is 18.1. The SMILES string of the molecule is CCc1cccc(CC)c1NC(=O)CCn1c(=O)cc(C)c2cc(C)cc(C)c21. The highest BCUT2D eigenvalue weighted by Gasteiger charge is 2.13. The van der Waals surface area contributed by atoms with Crippen LogP contribution in [0.5, 0.6) is 0 Å². The summed E-state index contributed by atoms with van der Waals surface area (Å²) in [5.41, 5.74) is 7.28. The summed E-state index contributed by atoms with van der Waals surface area (Å²) in [6.07, 6.45) is 1.99. The van der Waals surface area contributed by atoms with Crippen molar-refractivity contribution in [1.82, 2.24) is 4.57 Å². The third kappa shape index (κ3) is 4.26. The number of carbonyl (C=O) groups is 1. The van der Waals surface area contributed by atoms with Crippen LogP contribution in [0.3, 0.4) is 0 Å². The molecule has 4 nitrogen and oxygen atoms in total. The highest BCUT2D eigenvalue weighted by Crippen LogP contribution is 2.24. The number of para-hydroxylation sites is 1. The van der Waals surface area contributed by atoms with E-state index in [9.17, 15) is 9.59 Å². The maximum atomic E-state index is 12.7. The number of amides is 1. The number of nitrogens with zero attached hydrogens (tertiary/aromatic N) is 1. The molecule has 0 atom stereocenters. The molecule has 0 aliphatic carbocycles. The summed E-state index contributed by atoms with van der Waals surface area (Å²) in [5.74, 6) is -0.0639. The van der Waals surface area contributed by atoms with Gasteiger partial charge in [0.15, 0.2) is 0 Å². The van der Waals surface area contributed by atoms with E-state index in [2.05, 4.69) is 50.4 Å². The number of hydrogen-bond acceptors (Lipinski definition) is 2. The molecule has 0 radical (unpaired) electrons. The normalized spacial score (nSPS) is 11.1. The molecule has 0 aliphatic heterocycles. The highest BCUT2D eigenvalue weighted by atomic mass is 16.1. The first-order chi connectivity index (χ1) is 13.8. The molecule has 1 aromatic heterocycles. The smallest absolute Gasteiger partial charge is 0.251 e. The molecule has 1 amide bonds. The molecule has 2 aromatic carbocycles. The number of fused-ring (bicyclic) bond motifs is 1. The zero-order valence-electron chi connectivity index (χ0n) is 18.1. The van der Waals surface area contributed by atoms with Crippen LogP contribution in [0.15, 0.2) is 41.2 Å². The van der Waals surface area contributed by atoms with Crippen molar-refractivity contribution in [3.05, 3.63) is 74.6 Å². The van der Waals surface area contributed by atoms with Crippen LogP contribution < -0.4 is 10.9 Å². The number of pyridine rings is 1. The van der Waals surface area contributed by atoms with Crippen molar-refractivity contribution < 1.29 is 4.79 Å². The van der Waals surface area contributed by atoms with Gasteiger partial charge in [-0.2, -0.15) is 0 Å². The lowest BCUT2D eigenvalue weighted by Gasteiger charge is -2.17. The minimum atomic E-state index is -0.0639. The molecule has 0 fully saturated rings. The molecule has 0 spiro atoms. The third-order valence-electron chi connectivity index (χ3n) is 5.57. The fourth-order valence-corrected chi connectivity index (χ4v) is 4.11. The van der Waals surface area contributed by atoms with Crippen molar-refractivity contribution in [2.45, 2.75) is 60.4 Å². The number of nitrogens with one attached hydrogen (secondary N) is 1. The minimum absolute atomic E-state index is 0.0574. The monoisotopic (exact) mass is 390 g/mol. The molecule has 0 unspecified atom stereocenters. The molecule has 3 aromatic rings. The molecule has 0 bridgehead atoms. The standard InChI is InChI=1S/C25H30N2O2/c1-6-19-9-8-10-20(7-2)24(19)26-22(28)11-12-27-23(29)15-17(4)21-14-16(3)13-18(5)25(21)27/h8-10,13-15H,6-7,11-12H2,1-5H3,(H,26,28). The Hall–Kier alpha value is -2.88. The number of aromatic nitrogens is 1. The summed E-state index contributed by atoms with van der Waals surface area (Å²) in [4.78, 5) is 25.4. The molecule has 0 saturated carbocycles. The topological polar surface area (TPSA) is 51.1 Å². The van der Waals surface area contributed by atoms with E-state index in [4.69, 9.17) is 0 Å². The van der Waals surface area contributed by atoms with Gasteiger partial charge in [0, 0.05) is 30.1 Å². The molecule has 3 rings (SSSR count). The van der Waals surface area contributed by atoms with E-state index >= 15 is 0 Å². The number of rotatable bonds is 6. The summed E-state index contributed by atoms with van der Waals surface area (Å²) >= 11 is 0. The second-order valence-electron chi connectivity index (χ2n) is 7.75. The van der Waals surface area contributed by atoms with Crippen LogP contribution in [-0.2, 0) is 24.2 Å². The van der Waals surface area contributed by atoms with E-state index in [-0.39, 0.29) is 17.9 Å².